The van der Waals surface area contributed by atoms with Crippen molar-refractivity contribution < 1.29 is 9.53 Å². The van der Waals surface area contributed by atoms with Gasteiger partial charge in [-0.3, -0.25) is 4.79 Å². The van der Waals surface area contributed by atoms with Gasteiger partial charge in [0.15, 0.2) is 5.16 Å². The molecule has 0 saturated carbocycles. The molecule has 0 atom stereocenters. The molecule has 0 spiro atoms. The van der Waals surface area contributed by atoms with Crippen LogP contribution in [0.5, 0.6) is 5.75 Å². The van der Waals surface area contributed by atoms with Crippen molar-refractivity contribution in [3.05, 3.63) is 62.5 Å². The highest BCUT2D eigenvalue weighted by Crippen LogP contribution is 2.27. The number of benzene rings is 2. The SMILES string of the molecule is COc1ccc(CCCc2nnc(SCC(=O)Nc3ccc(I)cc3C(C)C)n2C)cc1C. The lowest BCUT2D eigenvalue weighted by atomic mass is 10.0. The molecule has 0 bridgehead atoms. The van der Waals surface area contributed by atoms with E-state index in [-0.39, 0.29) is 5.91 Å². The first-order valence-corrected chi connectivity index (χ1v) is 13.1. The number of anilines is 1. The average molecular weight is 579 g/mol. The molecule has 1 aromatic heterocycles. The highest BCUT2D eigenvalue weighted by Gasteiger charge is 2.14. The van der Waals surface area contributed by atoms with Gasteiger partial charge in [0.1, 0.15) is 11.6 Å². The second kappa shape index (κ2) is 11.9. The smallest absolute Gasteiger partial charge is 0.234 e. The van der Waals surface area contributed by atoms with Crippen molar-refractivity contribution in [1.82, 2.24) is 14.8 Å². The number of carbonyl (C=O) groups is 1. The normalized spacial score (nSPS) is 11.1. The van der Waals surface area contributed by atoms with E-state index in [2.05, 4.69) is 77.1 Å². The van der Waals surface area contributed by atoms with Crippen LogP contribution in [-0.4, -0.2) is 33.5 Å². The van der Waals surface area contributed by atoms with Crippen LogP contribution in [0.3, 0.4) is 0 Å². The molecule has 1 amide bonds. The Morgan fingerprint density at radius 2 is 1.97 bits per heavy atom. The summed E-state index contributed by atoms with van der Waals surface area (Å²) in [5.74, 6) is 2.44. The largest absolute Gasteiger partial charge is 0.496 e. The zero-order chi connectivity index (χ0) is 24.0. The molecular formula is C25H31IN4O2S. The number of carbonyl (C=O) groups excluding carboxylic acids is 1. The number of hydrogen-bond donors (Lipinski definition) is 1. The molecule has 0 unspecified atom stereocenters. The Kier molecular flexibility index (Phi) is 9.19. The zero-order valence-corrected chi connectivity index (χ0v) is 22.8. The molecule has 3 rings (SSSR count). The fourth-order valence-electron chi connectivity index (χ4n) is 3.68. The number of ether oxygens (including phenoxy) is 1. The number of hydrogen-bond acceptors (Lipinski definition) is 5. The van der Waals surface area contributed by atoms with Crippen LogP contribution in [0.25, 0.3) is 0 Å². The number of rotatable bonds is 10. The third-order valence-corrected chi connectivity index (χ3v) is 7.18. The Balaban J connectivity index is 1.52. The lowest BCUT2D eigenvalue weighted by Crippen LogP contribution is -2.16. The fraction of sp³-hybridized carbons (Fsp3) is 0.400. The topological polar surface area (TPSA) is 69.0 Å². The predicted octanol–water partition coefficient (Wildman–Crippen LogP) is 5.77. The molecular weight excluding hydrogens is 547 g/mol. The standard InChI is InChI=1S/C25H31IN4O2S/c1-16(2)20-14-19(26)10-11-21(20)27-24(31)15-33-25-29-28-23(30(25)4)8-6-7-18-9-12-22(32-5)17(3)13-18/h9-14,16H,6-8,15H2,1-5H3,(H,27,31). The van der Waals surface area contributed by atoms with Crippen LogP contribution in [0, 0.1) is 10.5 Å². The highest BCUT2D eigenvalue weighted by molar-refractivity contribution is 14.1. The Morgan fingerprint density at radius 1 is 1.18 bits per heavy atom. The average Bonchev–Trinajstić information content (AvgIpc) is 3.13. The number of aromatic nitrogens is 3. The Morgan fingerprint density at radius 3 is 2.67 bits per heavy atom. The molecule has 8 heteroatoms. The summed E-state index contributed by atoms with van der Waals surface area (Å²) in [4.78, 5) is 12.6. The quantitative estimate of drug-likeness (QED) is 0.245. The molecule has 2 aromatic carbocycles. The minimum Gasteiger partial charge on any atom is -0.496 e. The summed E-state index contributed by atoms with van der Waals surface area (Å²) in [6.07, 6.45) is 2.78. The van der Waals surface area contributed by atoms with Crippen LogP contribution in [0.4, 0.5) is 5.69 Å². The second-order valence-electron chi connectivity index (χ2n) is 8.34. The van der Waals surface area contributed by atoms with E-state index in [1.54, 1.807) is 7.11 Å². The van der Waals surface area contributed by atoms with E-state index in [0.717, 1.165) is 56.4 Å². The van der Waals surface area contributed by atoms with Crippen molar-refractivity contribution in [3.63, 3.8) is 0 Å². The summed E-state index contributed by atoms with van der Waals surface area (Å²) in [6, 6.07) is 12.4. The van der Waals surface area contributed by atoms with Gasteiger partial charge in [-0.1, -0.05) is 37.7 Å². The maximum Gasteiger partial charge on any atom is 0.234 e. The van der Waals surface area contributed by atoms with Crippen LogP contribution in [0.15, 0.2) is 41.6 Å². The van der Waals surface area contributed by atoms with E-state index in [4.69, 9.17) is 4.74 Å². The molecule has 0 saturated heterocycles. The molecule has 1 heterocycles. The Labute approximate surface area is 214 Å². The maximum atomic E-state index is 12.6. The molecule has 0 radical (unpaired) electrons. The number of aryl methyl sites for hydroxylation is 3. The predicted molar refractivity (Wildman–Crippen MR) is 143 cm³/mol. The molecule has 0 aliphatic rings. The summed E-state index contributed by atoms with van der Waals surface area (Å²) >= 11 is 3.71. The molecule has 3 aromatic rings. The Hall–Kier alpha value is -2.07. The lowest BCUT2D eigenvalue weighted by molar-refractivity contribution is -0.113. The van der Waals surface area contributed by atoms with Gasteiger partial charge in [-0.25, -0.2) is 0 Å². The van der Waals surface area contributed by atoms with Gasteiger partial charge in [0.25, 0.3) is 0 Å². The van der Waals surface area contributed by atoms with Gasteiger partial charge >= 0.3 is 0 Å². The molecule has 0 fully saturated rings. The van der Waals surface area contributed by atoms with Gasteiger partial charge in [0, 0.05) is 22.7 Å². The maximum absolute atomic E-state index is 12.6. The number of halogens is 1. The van der Waals surface area contributed by atoms with E-state index in [0.29, 0.717) is 11.7 Å². The van der Waals surface area contributed by atoms with Crippen LogP contribution < -0.4 is 10.1 Å². The first kappa shape index (κ1) is 25.6. The monoisotopic (exact) mass is 578 g/mol. The van der Waals surface area contributed by atoms with E-state index >= 15 is 0 Å². The van der Waals surface area contributed by atoms with Gasteiger partial charge in [-0.05, 0) is 89.2 Å². The lowest BCUT2D eigenvalue weighted by Gasteiger charge is -2.14. The second-order valence-corrected chi connectivity index (χ2v) is 10.5. The van der Waals surface area contributed by atoms with Gasteiger partial charge in [0.05, 0.1) is 12.9 Å². The van der Waals surface area contributed by atoms with Gasteiger partial charge in [-0.2, -0.15) is 0 Å². The number of methoxy groups -OCH3 is 1. The van der Waals surface area contributed by atoms with Gasteiger partial charge in [-0.15, -0.1) is 10.2 Å². The van der Waals surface area contributed by atoms with Crippen LogP contribution >= 0.6 is 34.4 Å². The number of nitrogens with one attached hydrogen (secondary N) is 1. The van der Waals surface area contributed by atoms with Gasteiger partial charge < -0.3 is 14.6 Å². The van der Waals surface area contributed by atoms with Crippen molar-refractivity contribution in [2.45, 2.75) is 51.1 Å². The van der Waals surface area contributed by atoms with Crippen molar-refractivity contribution in [2.24, 2.45) is 7.05 Å². The number of thioether (sulfide) groups is 1. The molecule has 33 heavy (non-hydrogen) atoms. The van der Waals surface area contributed by atoms with Crippen LogP contribution in [-0.2, 0) is 24.7 Å². The van der Waals surface area contributed by atoms with Crippen molar-refractivity contribution >= 4 is 45.9 Å². The third kappa shape index (κ3) is 6.96. The number of amides is 1. The summed E-state index contributed by atoms with van der Waals surface area (Å²) in [7, 11) is 3.66. The summed E-state index contributed by atoms with van der Waals surface area (Å²) < 4.78 is 8.49. The zero-order valence-electron chi connectivity index (χ0n) is 19.8. The molecule has 176 valence electrons. The summed E-state index contributed by atoms with van der Waals surface area (Å²) in [6.45, 7) is 6.33. The van der Waals surface area contributed by atoms with Crippen molar-refractivity contribution in [2.75, 3.05) is 18.2 Å². The van der Waals surface area contributed by atoms with E-state index in [9.17, 15) is 4.79 Å². The minimum absolute atomic E-state index is 0.0393. The highest BCUT2D eigenvalue weighted by atomic mass is 127. The first-order chi connectivity index (χ1) is 15.8. The molecule has 0 aliphatic carbocycles. The van der Waals surface area contributed by atoms with Gasteiger partial charge in [0.2, 0.25) is 5.91 Å². The molecule has 6 nitrogen and oxygen atoms in total. The first-order valence-electron chi connectivity index (χ1n) is 11.0. The van der Waals surface area contributed by atoms with Crippen molar-refractivity contribution in [1.29, 1.82) is 0 Å². The van der Waals surface area contributed by atoms with E-state index in [1.165, 1.54) is 17.3 Å². The third-order valence-electron chi connectivity index (χ3n) is 5.49. The van der Waals surface area contributed by atoms with Crippen molar-refractivity contribution in [3.8, 4) is 5.75 Å². The summed E-state index contributed by atoms with van der Waals surface area (Å²) in [5, 5.41) is 12.4. The van der Waals surface area contributed by atoms with E-state index < -0.39 is 0 Å². The molecule has 0 aliphatic heterocycles. The fourth-order valence-corrected chi connectivity index (χ4v) is 4.92. The summed E-state index contributed by atoms with van der Waals surface area (Å²) in [5.41, 5.74) is 4.46. The minimum atomic E-state index is -0.0393. The Bertz CT molecular complexity index is 1110. The van der Waals surface area contributed by atoms with Crippen LogP contribution in [0.2, 0.25) is 0 Å². The molecule has 1 N–H and O–H groups in total. The number of nitrogens with zero attached hydrogens (tertiary/aromatic N) is 3. The van der Waals surface area contributed by atoms with Crippen LogP contribution in [0.1, 0.15) is 48.7 Å². The van der Waals surface area contributed by atoms with E-state index in [1.807, 2.05) is 29.8 Å².